The summed E-state index contributed by atoms with van der Waals surface area (Å²) in [6.45, 7) is 2.98. The number of benzene rings is 2. The van der Waals surface area contributed by atoms with Gasteiger partial charge in [0.2, 0.25) is 11.8 Å². The number of carbonyl (C=O) groups excluding carboxylic acids is 3. The summed E-state index contributed by atoms with van der Waals surface area (Å²) in [5.41, 5.74) is 1.01. The summed E-state index contributed by atoms with van der Waals surface area (Å²) in [6.07, 6.45) is 3.59. The minimum Gasteiger partial charge on any atom is -0.494 e. The first-order chi connectivity index (χ1) is 20.2. The largest absolute Gasteiger partial charge is 0.494 e. The fourth-order valence-corrected chi connectivity index (χ4v) is 6.17. The minimum absolute atomic E-state index is 0.0540. The van der Waals surface area contributed by atoms with Gasteiger partial charge in [-0.15, -0.1) is 11.3 Å². The van der Waals surface area contributed by atoms with Crippen LogP contribution in [-0.4, -0.2) is 66.0 Å². The minimum atomic E-state index is -1.10. The maximum Gasteiger partial charge on any atom is 0.305 e. The van der Waals surface area contributed by atoms with Gasteiger partial charge in [-0.1, -0.05) is 29.3 Å². The monoisotopic (exact) mass is 631 g/mol. The smallest absolute Gasteiger partial charge is 0.305 e. The molecule has 9 nitrogen and oxygen atoms in total. The van der Waals surface area contributed by atoms with Crippen molar-refractivity contribution in [2.45, 2.75) is 32.2 Å². The number of carboxylic acids is 1. The van der Waals surface area contributed by atoms with Crippen LogP contribution >= 0.6 is 34.5 Å². The van der Waals surface area contributed by atoms with E-state index < -0.39 is 17.9 Å². The highest BCUT2D eigenvalue weighted by molar-refractivity contribution is 7.18. The number of fused-ring (bicyclic) bond motifs is 1. The molecule has 0 radical (unpaired) electrons. The quantitative estimate of drug-likeness (QED) is 0.248. The lowest BCUT2D eigenvalue weighted by molar-refractivity contribution is -0.138. The van der Waals surface area contributed by atoms with E-state index in [0.717, 1.165) is 10.1 Å². The van der Waals surface area contributed by atoms with Crippen molar-refractivity contribution < 1.29 is 29.0 Å². The molecule has 1 aliphatic rings. The molecule has 0 saturated carbocycles. The van der Waals surface area contributed by atoms with E-state index in [0.29, 0.717) is 59.5 Å². The summed E-state index contributed by atoms with van der Waals surface area (Å²) in [5.74, 6) is -1.84. The number of amides is 3. The number of nitrogens with zero attached hydrogens (tertiary/aromatic N) is 1. The Morgan fingerprint density at radius 2 is 1.90 bits per heavy atom. The number of ether oxygens (including phenoxy) is 1. The normalized spacial score (nSPS) is 14.6. The molecule has 0 bridgehead atoms. The lowest BCUT2D eigenvalue weighted by Gasteiger charge is -2.31. The van der Waals surface area contributed by atoms with Crippen molar-refractivity contribution in [2.24, 2.45) is 5.92 Å². The number of carboxylic acid groups (broad SMARTS) is 1. The number of hydrogen-bond acceptors (Lipinski definition) is 6. The van der Waals surface area contributed by atoms with E-state index in [1.807, 2.05) is 24.4 Å². The van der Waals surface area contributed by atoms with Crippen molar-refractivity contribution in [3.8, 4) is 5.75 Å². The molecule has 3 amide bonds. The SMILES string of the molecule is CCOc1cccc(C(=O)NCC(CC(=O)O)NC(=O)C2CCN(C(=O)C=Cc3cc4ccsc4c(Cl)c3Cl)CC2)c1. The average Bonchev–Trinajstić information content (AvgIpc) is 3.45. The van der Waals surface area contributed by atoms with Crippen molar-refractivity contribution in [1.82, 2.24) is 15.5 Å². The highest BCUT2D eigenvalue weighted by atomic mass is 35.5. The molecule has 12 heteroatoms. The Labute approximate surface area is 257 Å². The molecule has 1 unspecified atom stereocenters. The van der Waals surface area contributed by atoms with E-state index in [1.165, 1.54) is 17.4 Å². The third-order valence-electron chi connectivity index (χ3n) is 6.92. The van der Waals surface area contributed by atoms with E-state index >= 15 is 0 Å². The Bertz CT molecular complexity index is 1500. The summed E-state index contributed by atoms with van der Waals surface area (Å²) in [4.78, 5) is 51.5. The van der Waals surface area contributed by atoms with E-state index in [2.05, 4.69) is 10.6 Å². The van der Waals surface area contributed by atoms with Crippen molar-refractivity contribution in [1.29, 1.82) is 0 Å². The molecule has 3 aromatic rings. The first kappa shape index (κ1) is 31.3. The predicted octanol–water partition coefficient (Wildman–Crippen LogP) is 5.25. The summed E-state index contributed by atoms with van der Waals surface area (Å²) < 4.78 is 6.31. The summed E-state index contributed by atoms with van der Waals surface area (Å²) in [5, 5.41) is 18.5. The van der Waals surface area contributed by atoms with Gasteiger partial charge in [-0.25, -0.2) is 0 Å². The Morgan fingerprint density at radius 3 is 2.62 bits per heavy atom. The van der Waals surface area contributed by atoms with E-state index in [1.54, 1.807) is 35.2 Å². The Balaban J connectivity index is 1.29. The maximum absolute atomic E-state index is 13.0. The second-order valence-corrected chi connectivity index (χ2v) is 11.5. The van der Waals surface area contributed by atoms with Crippen LogP contribution in [0.5, 0.6) is 5.75 Å². The molecular weight excluding hydrogens is 601 g/mol. The molecule has 0 spiro atoms. The highest BCUT2D eigenvalue weighted by Crippen LogP contribution is 2.37. The molecule has 1 aromatic heterocycles. The van der Waals surface area contributed by atoms with Gasteiger partial charge in [0.25, 0.3) is 5.91 Å². The summed E-state index contributed by atoms with van der Waals surface area (Å²) in [7, 11) is 0. The number of carbonyl (C=O) groups is 4. The summed E-state index contributed by atoms with van der Waals surface area (Å²) in [6, 6.07) is 9.67. The molecule has 4 rings (SSSR count). The third-order valence-corrected chi connectivity index (χ3v) is 8.86. The molecule has 1 aliphatic heterocycles. The second-order valence-electron chi connectivity index (χ2n) is 9.84. The summed E-state index contributed by atoms with van der Waals surface area (Å²) >= 11 is 14.3. The number of halogens is 2. The first-order valence-corrected chi connectivity index (χ1v) is 15.1. The van der Waals surface area contributed by atoms with Crippen LogP contribution in [-0.2, 0) is 14.4 Å². The molecule has 1 fully saturated rings. The predicted molar refractivity (Wildman–Crippen MR) is 164 cm³/mol. The van der Waals surface area contributed by atoms with E-state index in [-0.39, 0.29) is 30.7 Å². The zero-order chi connectivity index (χ0) is 30.2. The van der Waals surface area contributed by atoms with Gasteiger partial charge < -0.3 is 25.4 Å². The van der Waals surface area contributed by atoms with Crippen LogP contribution < -0.4 is 15.4 Å². The van der Waals surface area contributed by atoms with Crippen molar-refractivity contribution in [3.63, 3.8) is 0 Å². The lowest BCUT2D eigenvalue weighted by atomic mass is 9.95. The number of rotatable bonds is 11. The maximum atomic E-state index is 13.0. The standard InChI is InChI=1S/C30H31Cl2N3O6S/c1-2-41-23-5-3-4-21(15-23)29(39)33-17-22(16-25(37)38)34-30(40)18-8-11-35(12-9-18)24(36)7-6-19-14-20-10-13-42-28(20)27(32)26(19)31/h3-7,10,13-15,18,22H,2,8-9,11-12,16-17H2,1H3,(H,33,39)(H,34,40)(H,37,38). The van der Waals surface area contributed by atoms with Crippen molar-refractivity contribution >= 4 is 74.4 Å². The Hall–Kier alpha value is -3.60. The Morgan fingerprint density at radius 1 is 1.14 bits per heavy atom. The molecule has 3 N–H and O–H groups in total. The zero-order valence-electron chi connectivity index (χ0n) is 22.9. The van der Waals surface area contributed by atoms with Crippen LogP contribution in [0.25, 0.3) is 16.2 Å². The topological polar surface area (TPSA) is 125 Å². The van der Waals surface area contributed by atoms with Gasteiger partial charge in [-0.2, -0.15) is 0 Å². The Kier molecular flexibility index (Phi) is 10.8. The van der Waals surface area contributed by atoms with Gasteiger partial charge in [0.1, 0.15) is 5.75 Å². The van der Waals surface area contributed by atoms with Crippen molar-refractivity contribution in [3.05, 3.63) is 69.0 Å². The van der Waals surface area contributed by atoms with Gasteiger partial charge in [0.05, 0.1) is 33.8 Å². The fraction of sp³-hybridized carbons (Fsp3) is 0.333. The zero-order valence-corrected chi connectivity index (χ0v) is 25.2. The number of aliphatic carboxylic acids is 1. The number of nitrogens with one attached hydrogen (secondary N) is 2. The number of thiophene rings is 1. The molecule has 42 heavy (non-hydrogen) atoms. The average molecular weight is 633 g/mol. The second kappa shape index (κ2) is 14.5. The number of piperidine rings is 1. The first-order valence-electron chi connectivity index (χ1n) is 13.5. The van der Waals surface area contributed by atoms with E-state index in [9.17, 15) is 24.3 Å². The van der Waals surface area contributed by atoms with Crippen molar-refractivity contribution in [2.75, 3.05) is 26.2 Å². The molecule has 2 heterocycles. The van der Waals surface area contributed by atoms with Crippen LogP contribution in [0.3, 0.4) is 0 Å². The molecule has 1 saturated heterocycles. The van der Waals surface area contributed by atoms with Gasteiger partial charge in [0, 0.05) is 37.2 Å². The molecule has 1 atom stereocenters. The van der Waals surface area contributed by atoms with Crippen LogP contribution in [0.15, 0.2) is 47.9 Å². The van der Waals surface area contributed by atoms with Crippen LogP contribution in [0.2, 0.25) is 10.0 Å². The van der Waals surface area contributed by atoms with E-state index in [4.69, 9.17) is 27.9 Å². The number of hydrogen-bond donors (Lipinski definition) is 3. The van der Waals surface area contributed by atoms with Gasteiger partial charge in [-0.3, -0.25) is 19.2 Å². The van der Waals surface area contributed by atoms with Gasteiger partial charge >= 0.3 is 5.97 Å². The molecule has 222 valence electrons. The molecule has 2 aromatic carbocycles. The van der Waals surface area contributed by atoms with Crippen LogP contribution in [0, 0.1) is 5.92 Å². The highest BCUT2D eigenvalue weighted by Gasteiger charge is 2.28. The third kappa shape index (κ3) is 8.02. The number of likely N-dealkylation sites (tertiary alicyclic amines) is 1. The molecule has 0 aliphatic carbocycles. The van der Waals surface area contributed by atoms with Gasteiger partial charge in [0.15, 0.2) is 0 Å². The van der Waals surface area contributed by atoms with Crippen LogP contribution in [0.4, 0.5) is 0 Å². The fourth-order valence-electron chi connectivity index (χ4n) is 4.73. The molecular formula is C30H31Cl2N3O6S. The lowest BCUT2D eigenvalue weighted by Crippen LogP contribution is -2.49. The van der Waals surface area contributed by atoms with Crippen LogP contribution in [0.1, 0.15) is 42.1 Å². The van der Waals surface area contributed by atoms with Gasteiger partial charge in [-0.05, 0) is 72.5 Å².